The predicted molar refractivity (Wildman–Crippen MR) is 65.7 cm³/mol. The molecule has 86 valence electrons. The summed E-state index contributed by atoms with van der Waals surface area (Å²) in [5.74, 6) is -0.321. The highest BCUT2D eigenvalue weighted by Crippen LogP contribution is 2.21. The number of para-hydroxylation sites is 1. The van der Waals surface area contributed by atoms with Gasteiger partial charge in [-0.2, -0.15) is 10.4 Å². The SMILES string of the molecule is N#Cc1ccccc1-n1ncc2ccc(F)cc21. The molecular formula is C14H8FN3. The largest absolute Gasteiger partial charge is 0.232 e. The summed E-state index contributed by atoms with van der Waals surface area (Å²) >= 11 is 0. The fourth-order valence-electron chi connectivity index (χ4n) is 1.94. The number of hydrogen-bond donors (Lipinski definition) is 0. The Bertz CT molecular complexity index is 768. The minimum absolute atomic E-state index is 0.321. The van der Waals surface area contributed by atoms with Gasteiger partial charge in [-0.3, -0.25) is 0 Å². The predicted octanol–water partition coefficient (Wildman–Crippen LogP) is 3.04. The lowest BCUT2D eigenvalue weighted by Gasteiger charge is -2.05. The van der Waals surface area contributed by atoms with Crippen LogP contribution in [0.3, 0.4) is 0 Å². The summed E-state index contributed by atoms with van der Waals surface area (Å²) < 4.78 is 14.9. The van der Waals surface area contributed by atoms with Crippen LogP contribution in [0.25, 0.3) is 16.6 Å². The van der Waals surface area contributed by atoms with E-state index in [2.05, 4.69) is 11.2 Å². The number of nitriles is 1. The molecule has 0 aliphatic carbocycles. The summed E-state index contributed by atoms with van der Waals surface area (Å²) in [7, 11) is 0. The van der Waals surface area contributed by atoms with Gasteiger partial charge in [0.1, 0.15) is 11.9 Å². The topological polar surface area (TPSA) is 41.6 Å². The van der Waals surface area contributed by atoms with Gasteiger partial charge in [0.2, 0.25) is 0 Å². The second kappa shape index (κ2) is 3.97. The monoisotopic (exact) mass is 237 g/mol. The van der Waals surface area contributed by atoms with Gasteiger partial charge >= 0.3 is 0 Å². The number of halogens is 1. The van der Waals surface area contributed by atoms with E-state index in [1.807, 2.05) is 6.07 Å². The van der Waals surface area contributed by atoms with Crippen LogP contribution in [-0.4, -0.2) is 9.78 Å². The molecule has 0 unspecified atom stereocenters. The fraction of sp³-hybridized carbons (Fsp3) is 0. The lowest BCUT2D eigenvalue weighted by atomic mass is 10.2. The van der Waals surface area contributed by atoms with Gasteiger partial charge in [0, 0.05) is 11.5 Å². The lowest BCUT2D eigenvalue weighted by molar-refractivity contribution is 0.629. The first kappa shape index (κ1) is 10.5. The van der Waals surface area contributed by atoms with Crippen molar-refractivity contribution in [3.8, 4) is 11.8 Å². The first-order valence-corrected chi connectivity index (χ1v) is 5.42. The van der Waals surface area contributed by atoms with Crippen LogP contribution in [0, 0.1) is 17.1 Å². The molecule has 0 bridgehead atoms. The Labute approximate surface area is 103 Å². The molecule has 0 aliphatic heterocycles. The summed E-state index contributed by atoms with van der Waals surface area (Å²) in [6, 6.07) is 13.7. The molecule has 4 heteroatoms. The first-order chi connectivity index (χ1) is 8.79. The zero-order chi connectivity index (χ0) is 12.5. The Balaban J connectivity index is 2.32. The van der Waals surface area contributed by atoms with E-state index in [0.29, 0.717) is 16.8 Å². The molecular weight excluding hydrogens is 229 g/mol. The molecule has 0 aliphatic rings. The Hall–Kier alpha value is -2.67. The van der Waals surface area contributed by atoms with Crippen molar-refractivity contribution in [1.82, 2.24) is 9.78 Å². The highest BCUT2D eigenvalue weighted by atomic mass is 19.1. The molecule has 18 heavy (non-hydrogen) atoms. The van der Waals surface area contributed by atoms with Crippen LogP contribution in [-0.2, 0) is 0 Å². The average molecular weight is 237 g/mol. The molecule has 1 heterocycles. The van der Waals surface area contributed by atoms with Crippen LogP contribution in [0.15, 0.2) is 48.7 Å². The number of aromatic nitrogens is 2. The zero-order valence-electron chi connectivity index (χ0n) is 9.34. The minimum Gasteiger partial charge on any atom is -0.232 e. The summed E-state index contributed by atoms with van der Waals surface area (Å²) in [6.07, 6.45) is 1.66. The summed E-state index contributed by atoms with van der Waals surface area (Å²) in [5, 5.41) is 14.1. The third-order valence-electron chi connectivity index (χ3n) is 2.79. The summed E-state index contributed by atoms with van der Waals surface area (Å²) in [6.45, 7) is 0. The van der Waals surface area contributed by atoms with Crippen molar-refractivity contribution in [3.05, 3.63) is 60.0 Å². The third kappa shape index (κ3) is 1.54. The summed E-state index contributed by atoms with van der Waals surface area (Å²) in [5.41, 5.74) is 1.81. The van der Waals surface area contributed by atoms with Crippen LogP contribution >= 0.6 is 0 Å². The Kier molecular flexibility index (Phi) is 2.31. The molecule has 0 N–H and O–H groups in total. The molecule has 0 fully saturated rings. The van der Waals surface area contributed by atoms with Crippen LogP contribution in [0.2, 0.25) is 0 Å². The molecule has 0 spiro atoms. The molecule has 3 aromatic rings. The Morgan fingerprint density at radius 1 is 1.17 bits per heavy atom. The van der Waals surface area contributed by atoms with Crippen molar-refractivity contribution in [3.63, 3.8) is 0 Å². The van der Waals surface area contributed by atoms with E-state index in [-0.39, 0.29) is 5.82 Å². The number of rotatable bonds is 1. The molecule has 0 saturated heterocycles. The van der Waals surface area contributed by atoms with Gasteiger partial charge in [0.25, 0.3) is 0 Å². The van der Waals surface area contributed by atoms with E-state index in [0.717, 1.165) is 5.39 Å². The molecule has 0 radical (unpaired) electrons. The van der Waals surface area contributed by atoms with Crippen LogP contribution < -0.4 is 0 Å². The van der Waals surface area contributed by atoms with Gasteiger partial charge in [-0.1, -0.05) is 12.1 Å². The molecule has 2 aromatic carbocycles. The van der Waals surface area contributed by atoms with Gasteiger partial charge in [-0.15, -0.1) is 0 Å². The third-order valence-corrected chi connectivity index (χ3v) is 2.79. The lowest BCUT2D eigenvalue weighted by Crippen LogP contribution is -1.99. The second-order valence-corrected chi connectivity index (χ2v) is 3.89. The van der Waals surface area contributed by atoms with Crippen LogP contribution in [0.1, 0.15) is 5.56 Å². The van der Waals surface area contributed by atoms with Crippen molar-refractivity contribution >= 4 is 10.9 Å². The smallest absolute Gasteiger partial charge is 0.125 e. The highest BCUT2D eigenvalue weighted by Gasteiger charge is 2.09. The van der Waals surface area contributed by atoms with E-state index in [1.54, 1.807) is 35.1 Å². The van der Waals surface area contributed by atoms with Crippen molar-refractivity contribution < 1.29 is 4.39 Å². The molecule has 0 atom stereocenters. The van der Waals surface area contributed by atoms with E-state index in [9.17, 15) is 4.39 Å². The number of fused-ring (bicyclic) bond motifs is 1. The second-order valence-electron chi connectivity index (χ2n) is 3.89. The Morgan fingerprint density at radius 2 is 2.00 bits per heavy atom. The van der Waals surface area contributed by atoms with Crippen molar-refractivity contribution in [2.24, 2.45) is 0 Å². The van der Waals surface area contributed by atoms with Crippen molar-refractivity contribution in [1.29, 1.82) is 5.26 Å². The highest BCUT2D eigenvalue weighted by molar-refractivity contribution is 5.80. The number of benzene rings is 2. The Morgan fingerprint density at radius 3 is 2.83 bits per heavy atom. The molecule has 1 aromatic heterocycles. The van der Waals surface area contributed by atoms with Gasteiger partial charge in [-0.05, 0) is 24.3 Å². The van der Waals surface area contributed by atoms with Crippen molar-refractivity contribution in [2.45, 2.75) is 0 Å². The standard InChI is InChI=1S/C14H8FN3/c15-12-6-5-11-9-17-18(14(11)7-12)13-4-2-1-3-10(13)8-16/h1-7,9H. The normalized spacial score (nSPS) is 10.4. The van der Waals surface area contributed by atoms with E-state index in [1.165, 1.54) is 12.1 Å². The molecule has 0 saturated carbocycles. The number of nitrogens with zero attached hydrogens (tertiary/aromatic N) is 3. The van der Waals surface area contributed by atoms with Crippen LogP contribution in [0.5, 0.6) is 0 Å². The van der Waals surface area contributed by atoms with E-state index >= 15 is 0 Å². The maximum absolute atomic E-state index is 13.3. The van der Waals surface area contributed by atoms with Crippen LogP contribution in [0.4, 0.5) is 4.39 Å². The molecule has 3 nitrogen and oxygen atoms in total. The number of hydrogen-bond acceptors (Lipinski definition) is 2. The van der Waals surface area contributed by atoms with Crippen molar-refractivity contribution in [2.75, 3.05) is 0 Å². The van der Waals surface area contributed by atoms with Gasteiger partial charge in [0.05, 0.1) is 23.0 Å². The quantitative estimate of drug-likeness (QED) is 0.652. The van der Waals surface area contributed by atoms with Gasteiger partial charge < -0.3 is 0 Å². The van der Waals surface area contributed by atoms with Gasteiger partial charge in [0.15, 0.2) is 0 Å². The maximum Gasteiger partial charge on any atom is 0.125 e. The van der Waals surface area contributed by atoms with E-state index < -0.39 is 0 Å². The fourth-order valence-corrected chi connectivity index (χ4v) is 1.94. The van der Waals surface area contributed by atoms with Gasteiger partial charge in [-0.25, -0.2) is 9.07 Å². The summed E-state index contributed by atoms with van der Waals surface area (Å²) in [4.78, 5) is 0. The first-order valence-electron chi connectivity index (χ1n) is 5.42. The average Bonchev–Trinajstić information content (AvgIpc) is 2.81. The zero-order valence-corrected chi connectivity index (χ0v) is 9.34. The molecule has 3 rings (SSSR count). The maximum atomic E-state index is 13.3. The van der Waals surface area contributed by atoms with E-state index in [4.69, 9.17) is 5.26 Å². The molecule has 0 amide bonds. The minimum atomic E-state index is -0.321.